The lowest BCUT2D eigenvalue weighted by Gasteiger charge is -2.34. The molecule has 2 aromatic heterocycles. The van der Waals surface area contributed by atoms with E-state index in [0.717, 1.165) is 0 Å². The molecule has 1 aliphatic heterocycles. The molecular weight excluding hydrogens is 426 g/mol. The topological polar surface area (TPSA) is 33.4 Å². The lowest BCUT2D eigenvalue weighted by atomic mass is 10.0. The molecule has 4 rings (SSSR count). The SMILES string of the molecule is Fc1cc(F)c(-c2c(Cl)nc3c(Cl)cnn3c2N2CCC(F)(F)CC2)c(F)c1. The van der Waals surface area contributed by atoms with E-state index in [9.17, 15) is 22.0 Å². The van der Waals surface area contributed by atoms with Crippen LogP contribution < -0.4 is 4.90 Å². The summed E-state index contributed by atoms with van der Waals surface area (Å²) in [5, 5.41) is 3.86. The predicted octanol–water partition coefficient (Wildman–Crippen LogP) is 5.36. The number of alkyl halides is 2. The van der Waals surface area contributed by atoms with Crippen molar-refractivity contribution in [1.29, 1.82) is 0 Å². The highest BCUT2D eigenvalue weighted by Crippen LogP contribution is 2.42. The Morgan fingerprint density at radius 1 is 0.964 bits per heavy atom. The van der Waals surface area contributed by atoms with E-state index in [1.54, 1.807) is 0 Å². The van der Waals surface area contributed by atoms with E-state index in [0.29, 0.717) is 12.1 Å². The lowest BCUT2D eigenvalue weighted by molar-refractivity contribution is -0.0222. The molecule has 0 bridgehead atoms. The smallest absolute Gasteiger partial charge is 0.251 e. The van der Waals surface area contributed by atoms with Crippen LogP contribution in [-0.2, 0) is 0 Å². The quantitative estimate of drug-likeness (QED) is 0.400. The molecule has 0 amide bonds. The lowest BCUT2D eigenvalue weighted by Crippen LogP contribution is -2.40. The van der Waals surface area contributed by atoms with Crippen LogP contribution in [0.5, 0.6) is 0 Å². The van der Waals surface area contributed by atoms with Gasteiger partial charge < -0.3 is 4.90 Å². The van der Waals surface area contributed by atoms with Crippen LogP contribution in [0.3, 0.4) is 0 Å². The number of piperidine rings is 1. The molecule has 0 saturated carbocycles. The van der Waals surface area contributed by atoms with Crippen LogP contribution in [0.1, 0.15) is 12.8 Å². The summed E-state index contributed by atoms with van der Waals surface area (Å²) in [7, 11) is 0. The van der Waals surface area contributed by atoms with Crippen molar-refractivity contribution in [2.24, 2.45) is 0 Å². The fourth-order valence-electron chi connectivity index (χ4n) is 3.26. The average molecular weight is 437 g/mol. The number of anilines is 1. The molecule has 3 heterocycles. The highest BCUT2D eigenvalue weighted by molar-refractivity contribution is 6.35. The van der Waals surface area contributed by atoms with Crippen molar-refractivity contribution in [2.75, 3.05) is 18.0 Å². The van der Waals surface area contributed by atoms with Gasteiger partial charge >= 0.3 is 0 Å². The number of hydrogen-bond donors (Lipinski definition) is 0. The summed E-state index contributed by atoms with van der Waals surface area (Å²) < 4.78 is 70.8. The van der Waals surface area contributed by atoms with E-state index < -0.39 is 41.8 Å². The third-order valence-corrected chi connectivity index (χ3v) is 5.13. The Labute approximate surface area is 165 Å². The van der Waals surface area contributed by atoms with Crippen molar-refractivity contribution in [3.05, 3.63) is 46.0 Å². The van der Waals surface area contributed by atoms with Gasteiger partial charge in [0.2, 0.25) is 0 Å². The molecular formula is C17H11Cl2F5N4. The van der Waals surface area contributed by atoms with Gasteiger partial charge in [0.1, 0.15) is 33.4 Å². The van der Waals surface area contributed by atoms with Crippen LogP contribution in [0.4, 0.5) is 27.8 Å². The third kappa shape index (κ3) is 3.16. The maximum absolute atomic E-state index is 14.5. The number of fused-ring (bicyclic) bond motifs is 1. The van der Waals surface area contributed by atoms with Gasteiger partial charge in [-0.05, 0) is 0 Å². The van der Waals surface area contributed by atoms with E-state index in [2.05, 4.69) is 10.1 Å². The van der Waals surface area contributed by atoms with Gasteiger partial charge in [-0.25, -0.2) is 26.9 Å². The van der Waals surface area contributed by atoms with Crippen LogP contribution in [0.25, 0.3) is 16.8 Å². The summed E-state index contributed by atoms with van der Waals surface area (Å²) in [6, 6.07) is 1.01. The van der Waals surface area contributed by atoms with Crippen LogP contribution in [0.2, 0.25) is 10.2 Å². The molecule has 0 radical (unpaired) electrons. The molecule has 28 heavy (non-hydrogen) atoms. The zero-order valence-electron chi connectivity index (χ0n) is 14.0. The molecule has 148 valence electrons. The number of halogens is 7. The average Bonchev–Trinajstić information content (AvgIpc) is 2.95. The molecule has 0 spiro atoms. The standard InChI is InChI=1S/C17H11Cl2F5N4/c18-9-7-25-28-15(9)26-14(19)13(12-10(21)5-8(20)6-11(12)22)16(28)27-3-1-17(23,24)2-4-27/h5-7H,1-4H2. The predicted molar refractivity (Wildman–Crippen MR) is 94.7 cm³/mol. The number of hydrogen-bond acceptors (Lipinski definition) is 3. The molecule has 3 aromatic rings. The summed E-state index contributed by atoms with van der Waals surface area (Å²) >= 11 is 12.3. The molecule has 1 fully saturated rings. The monoisotopic (exact) mass is 436 g/mol. The molecule has 11 heteroatoms. The van der Waals surface area contributed by atoms with Gasteiger partial charge in [0.25, 0.3) is 5.92 Å². The molecule has 0 atom stereocenters. The summed E-state index contributed by atoms with van der Waals surface area (Å²) in [5.41, 5.74) is -0.736. The minimum absolute atomic E-state index is 0.0572. The van der Waals surface area contributed by atoms with Crippen molar-refractivity contribution < 1.29 is 22.0 Å². The number of benzene rings is 1. The second-order valence-electron chi connectivity index (χ2n) is 6.42. The van der Waals surface area contributed by atoms with E-state index in [-0.39, 0.29) is 40.3 Å². The highest BCUT2D eigenvalue weighted by Gasteiger charge is 2.37. The minimum Gasteiger partial charge on any atom is -0.355 e. The van der Waals surface area contributed by atoms with Gasteiger partial charge in [-0.15, -0.1) is 0 Å². The fraction of sp³-hybridized carbons (Fsp3) is 0.294. The number of aromatic nitrogens is 3. The first kappa shape index (κ1) is 19.2. The van der Waals surface area contributed by atoms with E-state index in [4.69, 9.17) is 23.2 Å². The maximum Gasteiger partial charge on any atom is 0.251 e. The zero-order valence-corrected chi connectivity index (χ0v) is 15.5. The highest BCUT2D eigenvalue weighted by atomic mass is 35.5. The van der Waals surface area contributed by atoms with Crippen molar-refractivity contribution >= 4 is 34.7 Å². The fourth-order valence-corrected chi connectivity index (χ4v) is 3.68. The summed E-state index contributed by atoms with van der Waals surface area (Å²) in [6.07, 6.45) is 0.331. The van der Waals surface area contributed by atoms with Gasteiger partial charge in [-0.1, -0.05) is 23.2 Å². The Morgan fingerprint density at radius 2 is 1.57 bits per heavy atom. The molecule has 0 aliphatic carbocycles. The first-order valence-corrected chi connectivity index (χ1v) is 8.94. The van der Waals surface area contributed by atoms with Gasteiger partial charge in [-0.2, -0.15) is 9.61 Å². The van der Waals surface area contributed by atoms with Crippen molar-refractivity contribution in [1.82, 2.24) is 14.6 Å². The maximum atomic E-state index is 14.5. The Balaban J connectivity index is 2.00. The summed E-state index contributed by atoms with van der Waals surface area (Å²) in [4.78, 5) is 5.52. The molecule has 0 N–H and O–H groups in total. The molecule has 0 unspecified atom stereocenters. The van der Waals surface area contributed by atoms with Crippen molar-refractivity contribution in [2.45, 2.75) is 18.8 Å². The van der Waals surface area contributed by atoms with Gasteiger partial charge in [0.15, 0.2) is 5.65 Å². The Hall–Kier alpha value is -2.13. The Bertz CT molecular complexity index is 1050. The summed E-state index contributed by atoms with van der Waals surface area (Å²) in [5.74, 6) is -6.31. The van der Waals surface area contributed by atoms with Crippen LogP contribution in [0, 0.1) is 17.5 Å². The van der Waals surface area contributed by atoms with Crippen LogP contribution in [0.15, 0.2) is 18.3 Å². The molecule has 1 aliphatic rings. The minimum atomic E-state index is -2.85. The third-order valence-electron chi connectivity index (χ3n) is 4.59. The Morgan fingerprint density at radius 3 is 2.18 bits per heavy atom. The van der Waals surface area contributed by atoms with Crippen molar-refractivity contribution in [3.8, 4) is 11.1 Å². The van der Waals surface area contributed by atoms with E-state index >= 15 is 0 Å². The second kappa shape index (κ2) is 6.73. The van der Waals surface area contributed by atoms with Gasteiger partial charge in [-0.3, -0.25) is 0 Å². The number of rotatable bonds is 2. The first-order valence-electron chi connectivity index (χ1n) is 8.18. The summed E-state index contributed by atoms with van der Waals surface area (Å²) in [6.45, 7) is -0.227. The second-order valence-corrected chi connectivity index (χ2v) is 7.18. The largest absolute Gasteiger partial charge is 0.355 e. The first-order chi connectivity index (χ1) is 13.2. The molecule has 4 nitrogen and oxygen atoms in total. The number of nitrogens with zero attached hydrogens (tertiary/aromatic N) is 4. The van der Waals surface area contributed by atoms with E-state index in [1.807, 2.05) is 0 Å². The van der Waals surface area contributed by atoms with Crippen LogP contribution in [-0.4, -0.2) is 33.6 Å². The van der Waals surface area contributed by atoms with Gasteiger partial charge in [0.05, 0.1) is 17.3 Å². The molecule has 1 saturated heterocycles. The van der Waals surface area contributed by atoms with Crippen LogP contribution >= 0.6 is 23.2 Å². The molecule has 1 aromatic carbocycles. The zero-order chi connectivity index (χ0) is 20.2. The van der Waals surface area contributed by atoms with E-state index in [1.165, 1.54) is 15.6 Å². The van der Waals surface area contributed by atoms with Crippen molar-refractivity contribution in [3.63, 3.8) is 0 Å². The normalized spacial score (nSPS) is 16.8. The Kier molecular flexibility index (Phi) is 4.62. The van der Waals surface area contributed by atoms with Gasteiger partial charge in [0, 0.05) is 38.1 Å².